The van der Waals surface area contributed by atoms with Gasteiger partial charge in [0.25, 0.3) is 0 Å². The van der Waals surface area contributed by atoms with E-state index in [9.17, 15) is 24.9 Å². The number of H-pyrrole nitrogens is 1. The molecule has 0 saturated heterocycles. The summed E-state index contributed by atoms with van der Waals surface area (Å²) in [6.07, 6.45) is -1.94. The van der Waals surface area contributed by atoms with E-state index in [2.05, 4.69) is 15.6 Å². The number of aromatic hydroxyl groups is 1. The molecule has 0 saturated carbocycles. The molecule has 1 heterocycles. The van der Waals surface area contributed by atoms with Crippen molar-refractivity contribution in [2.45, 2.75) is 25.3 Å². The minimum absolute atomic E-state index is 0.0463. The molecule has 4 aromatic carbocycles. The zero-order valence-electron chi connectivity index (χ0n) is 22.7. The highest BCUT2D eigenvalue weighted by Crippen LogP contribution is 2.29. The molecule has 1 amide bonds. The highest BCUT2D eigenvalue weighted by Gasteiger charge is 2.17. The topological polar surface area (TPSA) is 144 Å². The van der Waals surface area contributed by atoms with Gasteiger partial charge < -0.3 is 35.7 Å². The molecular weight excluding hydrogens is 534 g/mol. The minimum Gasteiger partial charge on any atom is -0.506 e. The van der Waals surface area contributed by atoms with Crippen LogP contribution in [0.15, 0.2) is 108 Å². The molecule has 5 aromatic rings. The van der Waals surface area contributed by atoms with Crippen molar-refractivity contribution in [1.82, 2.24) is 15.6 Å². The zero-order chi connectivity index (χ0) is 29.5. The van der Waals surface area contributed by atoms with E-state index in [1.165, 1.54) is 12.1 Å². The Bertz CT molecular complexity index is 1720. The number of carboxylic acid groups (broad SMARTS) is 1. The van der Waals surface area contributed by atoms with Gasteiger partial charge in [-0.25, -0.2) is 4.79 Å². The van der Waals surface area contributed by atoms with Crippen LogP contribution in [-0.4, -0.2) is 32.9 Å². The number of benzene rings is 4. The van der Waals surface area contributed by atoms with E-state index in [0.29, 0.717) is 35.4 Å². The molecule has 42 heavy (non-hydrogen) atoms. The number of amides is 1. The molecule has 0 bridgehead atoms. The Kier molecular flexibility index (Phi) is 8.81. The third-order valence-corrected chi connectivity index (χ3v) is 6.95. The van der Waals surface area contributed by atoms with Crippen LogP contribution in [0.1, 0.15) is 40.0 Å². The average molecular weight is 566 g/mol. The SMILES string of the molecule is O=C(O)N[C@@H](c1ccccc1)c1cccc(OCc2ccc(CNCC(O)c3ccc(O)c4[nH]c(=O)ccc34)cc2)c1. The Morgan fingerprint density at radius 3 is 2.36 bits per heavy atom. The van der Waals surface area contributed by atoms with Crippen molar-refractivity contribution in [1.29, 1.82) is 0 Å². The number of fused-ring (bicyclic) bond motifs is 1. The number of aliphatic hydroxyl groups excluding tert-OH is 1. The van der Waals surface area contributed by atoms with E-state index in [4.69, 9.17) is 4.74 Å². The number of rotatable bonds is 11. The molecule has 9 nitrogen and oxygen atoms in total. The maximum atomic E-state index is 11.6. The fourth-order valence-corrected chi connectivity index (χ4v) is 4.84. The lowest BCUT2D eigenvalue weighted by Crippen LogP contribution is -2.27. The molecule has 0 aliphatic rings. The number of ether oxygens (including phenoxy) is 1. The first kappa shape index (κ1) is 28.4. The van der Waals surface area contributed by atoms with Crippen molar-refractivity contribution in [2.24, 2.45) is 0 Å². The van der Waals surface area contributed by atoms with Crippen molar-refractivity contribution in [3.8, 4) is 11.5 Å². The summed E-state index contributed by atoms with van der Waals surface area (Å²) < 4.78 is 6.01. The number of aromatic nitrogens is 1. The molecule has 0 aliphatic carbocycles. The van der Waals surface area contributed by atoms with Crippen molar-refractivity contribution >= 4 is 17.0 Å². The molecule has 6 N–H and O–H groups in total. The quantitative estimate of drug-likeness (QED) is 0.132. The highest BCUT2D eigenvalue weighted by atomic mass is 16.5. The first-order valence-electron chi connectivity index (χ1n) is 13.5. The molecule has 214 valence electrons. The maximum absolute atomic E-state index is 11.6. The summed E-state index contributed by atoms with van der Waals surface area (Å²) in [7, 11) is 0. The summed E-state index contributed by atoms with van der Waals surface area (Å²) in [6, 6.07) is 30.2. The molecule has 1 unspecified atom stereocenters. The van der Waals surface area contributed by atoms with Crippen LogP contribution < -0.4 is 20.9 Å². The lowest BCUT2D eigenvalue weighted by Gasteiger charge is -2.19. The molecule has 5 rings (SSSR count). The third-order valence-electron chi connectivity index (χ3n) is 6.95. The zero-order valence-corrected chi connectivity index (χ0v) is 22.7. The summed E-state index contributed by atoms with van der Waals surface area (Å²) in [5.41, 5.74) is 4.19. The van der Waals surface area contributed by atoms with Gasteiger partial charge >= 0.3 is 6.09 Å². The third kappa shape index (κ3) is 6.95. The number of carbonyl (C=O) groups is 1. The van der Waals surface area contributed by atoms with Gasteiger partial charge in [0.1, 0.15) is 18.1 Å². The molecule has 0 aliphatic heterocycles. The van der Waals surface area contributed by atoms with Crippen LogP contribution in [0.5, 0.6) is 11.5 Å². The van der Waals surface area contributed by atoms with Crippen LogP contribution in [0.25, 0.3) is 10.9 Å². The Balaban J connectivity index is 1.16. The maximum Gasteiger partial charge on any atom is 0.405 e. The van der Waals surface area contributed by atoms with Gasteiger partial charge in [-0.15, -0.1) is 0 Å². The van der Waals surface area contributed by atoms with Crippen LogP contribution in [0.4, 0.5) is 4.79 Å². The largest absolute Gasteiger partial charge is 0.506 e. The van der Waals surface area contributed by atoms with Gasteiger partial charge in [-0.05, 0) is 52.1 Å². The van der Waals surface area contributed by atoms with Crippen LogP contribution in [0, 0.1) is 0 Å². The number of phenols is 1. The number of aromatic amines is 1. The number of pyridine rings is 1. The van der Waals surface area contributed by atoms with E-state index in [0.717, 1.165) is 22.3 Å². The van der Waals surface area contributed by atoms with Crippen molar-refractivity contribution in [2.75, 3.05) is 6.54 Å². The Labute approximate surface area is 242 Å². The predicted octanol–water partition coefficient (Wildman–Crippen LogP) is 4.99. The van der Waals surface area contributed by atoms with Gasteiger partial charge in [0.15, 0.2) is 0 Å². The van der Waals surface area contributed by atoms with Gasteiger partial charge in [0.2, 0.25) is 5.56 Å². The molecule has 2 atom stereocenters. The van der Waals surface area contributed by atoms with Gasteiger partial charge in [-0.2, -0.15) is 0 Å². The Morgan fingerprint density at radius 2 is 1.60 bits per heavy atom. The normalized spacial score (nSPS) is 12.5. The van der Waals surface area contributed by atoms with E-state index >= 15 is 0 Å². The summed E-state index contributed by atoms with van der Waals surface area (Å²) >= 11 is 0. The number of aliphatic hydroxyl groups is 1. The number of hydrogen-bond acceptors (Lipinski definition) is 6. The molecule has 9 heteroatoms. The van der Waals surface area contributed by atoms with Crippen molar-refractivity contribution in [3.63, 3.8) is 0 Å². The monoisotopic (exact) mass is 565 g/mol. The fraction of sp³-hybridized carbons (Fsp3) is 0.152. The van der Waals surface area contributed by atoms with Crippen molar-refractivity contribution in [3.05, 3.63) is 141 Å². The van der Waals surface area contributed by atoms with E-state index in [-0.39, 0.29) is 17.9 Å². The molecular formula is C33H31N3O6. The number of nitrogens with one attached hydrogen (secondary N) is 3. The second kappa shape index (κ2) is 13.0. The second-order valence-corrected chi connectivity index (χ2v) is 9.90. The average Bonchev–Trinajstić information content (AvgIpc) is 3.00. The van der Waals surface area contributed by atoms with E-state index < -0.39 is 18.2 Å². The Hall–Kier alpha value is -5.12. The highest BCUT2D eigenvalue weighted by molar-refractivity contribution is 5.87. The van der Waals surface area contributed by atoms with E-state index in [1.54, 1.807) is 12.1 Å². The van der Waals surface area contributed by atoms with Crippen LogP contribution in [0.2, 0.25) is 0 Å². The van der Waals surface area contributed by atoms with Crippen LogP contribution in [0.3, 0.4) is 0 Å². The summed E-state index contributed by atoms with van der Waals surface area (Å²) in [4.78, 5) is 25.7. The summed E-state index contributed by atoms with van der Waals surface area (Å²) in [5.74, 6) is 0.584. The Morgan fingerprint density at radius 1 is 0.857 bits per heavy atom. The number of phenolic OH excluding ortho intramolecular Hbond substituents is 1. The molecule has 0 spiro atoms. The predicted molar refractivity (Wildman–Crippen MR) is 160 cm³/mol. The van der Waals surface area contributed by atoms with Crippen LogP contribution >= 0.6 is 0 Å². The van der Waals surface area contributed by atoms with Gasteiger partial charge in [-0.1, -0.05) is 72.8 Å². The standard InChI is InChI=1S/C33H31N3O6/c37-28-15-13-26(27-14-16-30(39)35-32(27)28)29(38)19-34-18-21-9-11-22(12-10-21)20-42-25-8-4-7-24(17-25)31(36-33(40)41)23-5-2-1-3-6-23/h1-17,29,31,34,36-38H,18-20H2,(H,35,39)(H,40,41)/t29?,31-/m0/s1. The van der Waals surface area contributed by atoms with Gasteiger partial charge in [0, 0.05) is 24.5 Å². The van der Waals surface area contributed by atoms with Gasteiger partial charge in [0.05, 0.1) is 17.7 Å². The lowest BCUT2D eigenvalue weighted by molar-refractivity contribution is 0.176. The first-order chi connectivity index (χ1) is 20.4. The van der Waals surface area contributed by atoms with Crippen molar-refractivity contribution < 1.29 is 24.9 Å². The lowest BCUT2D eigenvalue weighted by atomic mass is 9.98. The smallest absolute Gasteiger partial charge is 0.405 e. The summed E-state index contributed by atoms with van der Waals surface area (Å²) in [5, 5.41) is 36.6. The molecule has 0 fully saturated rings. The molecule has 1 aromatic heterocycles. The fourth-order valence-electron chi connectivity index (χ4n) is 4.84. The first-order valence-corrected chi connectivity index (χ1v) is 13.5. The van der Waals surface area contributed by atoms with Gasteiger partial charge in [-0.3, -0.25) is 4.79 Å². The van der Waals surface area contributed by atoms with E-state index in [1.807, 2.05) is 78.9 Å². The molecule has 0 radical (unpaired) electrons. The summed E-state index contributed by atoms with van der Waals surface area (Å²) in [6.45, 7) is 1.15. The van der Waals surface area contributed by atoms with Crippen LogP contribution in [-0.2, 0) is 13.2 Å². The number of hydrogen-bond donors (Lipinski definition) is 6. The second-order valence-electron chi connectivity index (χ2n) is 9.90. The minimum atomic E-state index is -1.11.